The summed E-state index contributed by atoms with van der Waals surface area (Å²) in [6.07, 6.45) is 0.710. The van der Waals surface area contributed by atoms with Crippen molar-refractivity contribution in [3.05, 3.63) is 65.2 Å². The van der Waals surface area contributed by atoms with Gasteiger partial charge in [0.15, 0.2) is 0 Å². The largest absolute Gasteiger partial charge is 0.492 e. The van der Waals surface area contributed by atoms with E-state index in [0.717, 1.165) is 11.3 Å². The van der Waals surface area contributed by atoms with Crippen molar-refractivity contribution in [2.75, 3.05) is 26.7 Å². The van der Waals surface area contributed by atoms with Crippen molar-refractivity contribution in [2.45, 2.75) is 19.8 Å². The van der Waals surface area contributed by atoms with E-state index in [1.807, 2.05) is 31.2 Å². The third kappa shape index (κ3) is 4.39. The van der Waals surface area contributed by atoms with Gasteiger partial charge in [-0.1, -0.05) is 29.8 Å². The molecule has 0 saturated carbocycles. The van der Waals surface area contributed by atoms with E-state index < -0.39 is 0 Å². The third-order valence-corrected chi connectivity index (χ3v) is 4.79. The van der Waals surface area contributed by atoms with Crippen molar-refractivity contribution < 1.29 is 19.1 Å². The number of fused-ring (bicyclic) bond motifs is 1. The predicted octanol–water partition coefficient (Wildman–Crippen LogP) is 2.91. The van der Waals surface area contributed by atoms with Gasteiger partial charge in [-0.25, -0.2) is 0 Å². The molecule has 0 spiro atoms. The Morgan fingerprint density at radius 2 is 1.61 bits per heavy atom. The molecule has 6 heteroatoms. The van der Waals surface area contributed by atoms with E-state index in [0.29, 0.717) is 30.7 Å². The number of aryl methyl sites for hydroxylation is 1. The molecule has 0 aliphatic carbocycles. The molecule has 0 radical (unpaired) electrons. The van der Waals surface area contributed by atoms with Crippen LogP contribution in [0.15, 0.2) is 48.5 Å². The van der Waals surface area contributed by atoms with Crippen LogP contribution in [0.1, 0.15) is 39.1 Å². The minimum absolute atomic E-state index is 0.0379. The molecular weight excluding hydrogens is 356 g/mol. The molecule has 0 aromatic heterocycles. The average Bonchev–Trinajstić information content (AvgIpc) is 2.94. The Hall–Kier alpha value is -3.15. The second-order valence-corrected chi connectivity index (χ2v) is 6.89. The molecule has 1 aliphatic rings. The molecule has 0 bridgehead atoms. The zero-order chi connectivity index (χ0) is 20.1. The molecule has 0 unspecified atom stereocenters. The van der Waals surface area contributed by atoms with Crippen LogP contribution < -0.4 is 4.74 Å². The van der Waals surface area contributed by atoms with Gasteiger partial charge < -0.3 is 9.64 Å². The van der Waals surface area contributed by atoms with Crippen LogP contribution in [-0.4, -0.2) is 54.3 Å². The van der Waals surface area contributed by atoms with Crippen molar-refractivity contribution >= 4 is 17.7 Å². The summed E-state index contributed by atoms with van der Waals surface area (Å²) in [4.78, 5) is 39.7. The molecule has 0 saturated heterocycles. The highest BCUT2D eigenvalue weighted by Gasteiger charge is 2.34. The monoisotopic (exact) mass is 380 g/mol. The molecule has 0 N–H and O–H groups in total. The first kappa shape index (κ1) is 19.6. The Kier molecular flexibility index (Phi) is 6.09. The van der Waals surface area contributed by atoms with Crippen molar-refractivity contribution in [3.8, 4) is 5.75 Å². The first-order valence-electron chi connectivity index (χ1n) is 9.36. The number of ether oxygens (including phenoxy) is 1. The van der Waals surface area contributed by atoms with E-state index in [9.17, 15) is 14.4 Å². The Labute approximate surface area is 164 Å². The topological polar surface area (TPSA) is 66.9 Å². The number of carbonyl (C=O) groups excluding carboxylic acids is 3. The van der Waals surface area contributed by atoms with Crippen LogP contribution >= 0.6 is 0 Å². The Bertz CT molecular complexity index is 841. The van der Waals surface area contributed by atoms with Gasteiger partial charge in [-0.05, 0) is 37.6 Å². The van der Waals surface area contributed by atoms with Gasteiger partial charge in [0.1, 0.15) is 12.4 Å². The Morgan fingerprint density at radius 3 is 2.21 bits per heavy atom. The molecule has 1 aliphatic heterocycles. The summed E-state index contributed by atoms with van der Waals surface area (Å²) in [6, 6.07) is 14.5. The Balaban J connectivity index is 1.40. The lowest BCUT2D eigenvalue weighted by atomic mass is 10.1. The van der Waals surface area contributed by atoms with Gasteiger partial charge in [0.25, 0.3) is 11.8 Å². The second kappa shape index (κ2) is 8.69. The van der Waals surface area contributed by atoms with Crippen molar-refractivity contribution in [2.24, 2.45) is 0 Å². The summed E-state index contributed by atoms with van der Waals surface area (Å²) < 4.78 is 5.64. The lowest BCUT2D eigenvalue weighted by molar-refractivity contribution is -0.130. The average molecular weight is 380 g/mol. The highest BCUT2D eigenvalue weighted by atomic mass is 16.5. The van der Waals surface area contributed by atoms with E-state index in [1.54, 1.807) is 36.2 Å². The van der Waals surface area contributed by atoms with Gasteiger partial charge in [-0.3, -0.25) is 19.3 Å². The fourth-order valence-corrected chi connectivity index (χ4v) is 3.08. The molecule has 0 atom stereocenters. The van der Waals surface area contributed by atoms with Crippen LogP contribution in [0.5, 0.6) is 5.75 Å². The van der Waals surface area contributed by atoms with E-state index in [4.69, 9.17) is 4.74 Å². The minimum Gasteiger partial charge on any atom is -0.492 e. The van der Waals surface area contributed by atoms with Crippen molar-refractivity contribution in [1.29, 1.82) is 0 Å². The van der Waals surface area contributed by atoms with Crippen LogP contribution in [0.25, 0.3) is 0 Å². The molecule has 28 heavy (non-hydrogen) atoms. The number of carbonyl (C=O) groups is 3. The highest BCUT2D eigenvalue weighted by molar-refractivity contribution is 6.21. The molecule has 3 rings (SSSR count). The number of imide groups is 1. The number of benzene rings is 2. The lowest BCUT2D eigenvalue weighted by Crippen LogP contribution is -2.33. The first-order chi connectivity index (χ1) is 13.5. The summed E-state index contributed by atoms with van der Waals surface area (Å²) in [5, 5.41) is 0. The van der Waals surface area contributed by atoms with E-state index in [-0.39, 0.29) is 30.7 Å². The molecule has 1 heterocycles. The van der Waals surface area contributed by atoms with E-state index in [2.05, 4.69) is 0 Å². The van der Waals surface area contributed by atoms with Crippen LogP contribution in [0, 0.1) is 6.92 Å². The van der Waals surface area contributed by atoms with Crippen molar-refractivity contribution in [1.82, 2.24) is 9.80 Å². The molecule has 6 nitrogen and oxygen atoms in total. The number of rotatable bonds is 8. The summed E-state index contributed by atoms with van der Waals surface area (Å²) in [7, 11) is 1.73. The number of amides is 3. The number of nitrogens with zero attached hydrogens (tertiary/aromatic N) is 2. The van der Waals surface area contributed by atoms with Crippen LogP contribution in [0.4, 0.5) is 0 Å². The third-order valence-electron chi connectivity index (χ3n) is 4.79. The number of hydrogen-bond donors (Lipinski definition) is 0. The second-order valence-electron chi connectivity index (χ2n) is 6.89. The van der Waals surface area contributed by atoms with Crippen LogP contribution in [0.3, 0.4) is 0 Å². The quantitative estimate of drug-likeness (QED) is 0.661. The number of likely N-dealkylation sites (N-methyl/N-ethyl adjacent to an activating group) is 1. The van der Waals surface area contributed by atoms with Gasteiger partial charge in [-0.2, -0.15) is 0 Å². The molecule has 146 valence electrons. The van der Waals surface area contributed by atoms with Gasteiger partial charge in [0, 0.05) is 20.0 Å². The van der Waals surface area contributed by atoms with E-state index >= 15 is 0 Å². The number of hydrogen-bond acceptors (Lipinski definition) is 4. The lowest BCUT2D eigenvalue weighted by Gasteiger charge is -2.19. The molecule has 0 fully saturated rings. The molecular formula is C22H24N2O4. The van der Waals surface area contributed by atoms with Crippen LogP contribution in [-0.2, 0) is 4.79 Å². The van der Waals surface area contributed by atoms with Gasteiger partial charge in [0.05, 0.1) is 17.7 Å². The maximum atomic E-state index is 12.3. The normalized spacial score (nSPS) is 12.9. The maximum absolute atomic E-state index is 12.3. The maximum Gasteiger partial charge on any atom is 0.261 e. The summed E-state index contributed by atoms with van der Waals surface area (Å²) in [6.45, 7) is 3.13. The SMILES string of the molecule is Cc1ccc(OCCN(C)C(=O)CCCN2C(=O)c3ccccc3C2=O)cc1. The fraction of sp³-hybridized carbons (Fsp3) is 0.318. The predicted molar refractivity (Wildman–Crippen MR) is 105 cm³/mol. The summed E-state index contributed by atoms with van der Waals surface area (Å²) >= 11 is 0. The molecule has 2 aromatic rings. The molecule has 3 amide bonds. The first-order valence-corrected chi connectivity index (χ1v) is 9.36. The summed E-state index contributed by atoms with van der Waals surface area (Å²) in [5.74, 6) is 0.169. The standard InChI is InChI=1S/C22H24N2O4/c1-16-9-11-17(12-10-16)28-15-14-23(2)20(25)8-5-13-24-21(26)18-6-3-4-7-19(18)22(24)27/h3-4,6-7,9-12H,5,8,13-15H2,1-2H3. The van der Waals surface area contributed by atoms with Gasteiger partial charge in [0.2, 0.25) is 5.91 Å². The fourth-order valence-electron chi connectivity index (χ4n) is 3.08. The molecule has 2 aromatic carbocycles. The Morgan fingerprint density at radius 1 is 1.00 bits per heavy atom. The van der Waals surface area contributed by atoms with Gasteiger partial charge in [-0.15, -0.1) is 0 Å². The zero-order valence-electron chi connectivity index (χ0n) is 16.2. The zero-order valence-corrected chi connectivity index (χ0v) is 16.2. The smallest absolute Gasteiger partial charge is 0.261 e. The summed E-state index contributed by atoms with van der Waals surface area (Å²) in [5.41, 5.74) is 2.03. The van der Waals surface area contributed by atoms with Crippen molar-refractivity contribution in [3.63, 3.8) is 0 Å². The van der Waals surface area contributed by atoms with Crippen LogP contribution in [0.2, 0.25) is 0 Å². The minimum atomic E-state index is -0.284. The van der Waals surface area contributed by atoms with E-state index in [1.165, 1.54) is 4.90 Å². The highest BCUT2D eigenvalue weighted by Crippen LogP contribution is 2.22. The van der Waals surface area contributed by atoms with Gasteiger partial charge >= 0.3 is 0 Å².